The molecule has 0 amide bonds. The van der Waals surface area contributed by atoms with Crippen molar-refractivity contribution in [3.8, 4) is 0 Å². The molecule has 0 atom stereocenters. The number of anilines is 1. The molecule has 1 fully saturated rings. The van der Waals surface area contributed by atoms with E-state index in [1.807, 2.05) is 6.92 Å². The Morgan fingerprint density at radius 2 is 1.96 bits per heavy atom. The van der Waals surface area contributed by atoms with Crippen LogP contribution in [-0.4, -0.2) is 34.5 Å². The number of aromatic amines is 1. The SMILES string of the molecule is Cc1nc2c(c(=O)[nH]1)CCN(Cc1ccc(N3CCCC3)cc1C)C2. The summed E-state index contributed by atoms with van der Waals surface area (Å²) in [6, 6.07) is 6.86. The first kappa shape index (κ1) is 16.3. The predicted octanol–water partition coefficient (Wildman–Crippen LogP) is 2.55. The number of rotatable bonds is 3. The summed E-state index contributed by atoms with van der Waals surface area (Å²) in [6.45, 7) is 9.00. The average Bonchev–Trinajstić information content (AvgIpc) is 3.11. The summed E-state index contributed by atoms with van der Waals surface area (Å²) >= 11 is 0. The van der Waals surface area contributed by atoms with Crippen molar-refractivity contribution < 1.29 is 0 Å². The Hall–Kier alpha value is -2.14. The molecular weight excluding hydrogens is 312 g/mol. The molecule has 0 bridgehead atoms. The topological polar surface area (TPSA) is 52.2 Å². The highest BCUT2D eigenvalue weighted by atomic mass is 16.1. The molecule has 2 aliphatic heterocycles. The molecule has 3 heterocycles. The van der Waals surface area contributed by atoms with Crippen LogP contribution in [0.2, 0.25) is 0 Å². The van der Waals surface area contributed by atoms with Crippen molar-refractivity contribution in [1.29, 1.82) is 0 Å². The molecule has 1 N–H and O–H groups in total. The lowest BCUT2D eigenvalue weighted by Gasteiger charge is -2.28. The molecule has 4 rings (SSSR count). The van der Waals surface area contributed by atoms with Crippen molar-refractivity contribution in [1.82, 2.24) is 14.9 Å². The van der Waals surface area contributed by atoms with Gasteiger partial charge in [-0.2, -0.15) is 0 Å². The minimum absolute atomic E-state index is 0.0355. The number of H-pyrrole nitrogens is 1. The van der Waals surface area contributed by atoms with E-state index in [4.69, 9.17) is 0 Å². The van der Waals surface area contributed by atoms with Crippen LogP contribution >= 0.6 is 0 Å². The maximum absolute atomic E-state index is 12.0. The van der Waals surface area contributed by atoms with Gasteiger partial charge in [0.05, 0.1) is 5.69 Å². The zero-order valence-electron chi connectivity index (χ0n) is 15.1. The highest BCUT2D eigenvalue weighted by molar-refractivity contribution is 5.51. The first-order valence-corrected chi connectivity index (χ1v) is 9.25. The summed E-state index contributed by atoms with van der Waals surface area (Å²) in [5.41, 5.74) is 5.92. The summed E-state index contributed by atoms with van der Waals surface area (Å²) < 4.78 is 0. The van der Waals surface area contributed by atoms with Crippen LogP contribution in [0.1, 0.15) is 41.1 Å². The van der Waals surface area contributed by atoms with Gasteiger partial charge in [-0.1, -0.05) is 6.07 Å². The van der Waals surface area contributed by atoms with Gasteiger partial charge in [-0.15, -0.1) is 0 Å². The normalized spacial score (nSPS) is 17.8. The fourth-order valence-corrected chi connectivity index (χ4v) is 4.02. The number of hydrogen-bond donors (Lipinski definition) is 1. The minimum Gasteiger partial charge on any atom is -0.372 e. The van der Waals surface area contributed by atoms with Gasteiger partial charge in [-0.3, -0.25) is 9.69 Å². The molecule has 1 saturated heterocycles. The number of aryl methyl sites for hydroxylation is 2. The lowest BCUT2D eigenvalue weighted by atomic mass is 10.0. The number of hydrogen-bond acceptors (Lipinski definition) is 4. The van der Waals surface area contributed by atoms with Crippen LogP contribution in [-0.2, 0) is 19.5 Å². The Morgan fingerprint density at radius 1 is 1.16 bits per heavy atom. The Balaban J connectivity index is 1.50. The van der Waals surface area contributed by atoms with Gasteiger partial charge in [0, 0.05) is 44.0 Å². The smallest absolute Gasteiger partial charge is 0.254 e. The van der Waals surface area contributed by atoms with Crippen LogP contribution < -0.4 is 10.5 Å². The molecule has 0 unspecified atom stereocenters. The van der Waals surface area contributed by atoms with E-state index in [0.717, 1.165) is 37.3 Å². The highest BCUT2D eigenvalue weighted by Crippen LogP contribution is 2.25. The Labute approximate surface area is 148 Å². The van der Waals surface area contributed by atoms with Gasteiger partial charge in [0.2, 0.25) is 0 Å². The number of aromatic nitrogens is 2. The molecule has 25 heavy (non-hydrogen) atoms. The first-order valence-electron chi connectivity index (χ1n) is 9.25. The Kier molecular flexibility index (Phi) is 4.34. The maximum atomic E-state index is 12.0. The molecule has 0 saturated carbocycles. The zero-order valence-corrected chi connectivity index (χ0v) is 15.1. The average molecular weight is 338 g/mol. The van der Waals surface area contributed by atoms with Gasteiger partial charge in [0.1, 0.15) is 5.82 Å². The Morgan fingerprint density at radius 3 is 2.72 bits per heavy atom. The molecule has 1 aromatic carbocycles. The second-order valence-electron chi connectivity index (χ2n) is 7.34. The van der Waals surface area contributed by atoms with Crippen molar-refractivity contribution in [2.24, 2.45) is 0 Å². The molecular formula is C20H26N4O. The lowest BCUT2D eigenvalue weighted by Crippen LogP contribution is -2.35. The second-order valence-corrected chi connectivity index (χ2v) is 7.34. The van der Waals surface area contributed by atoms with Crippen LogP contribution in [0.15, 0.2) is 23.0 Å². The first-order chi connectivity index (χ1) is 12.1. The van der Waals surface area contributed by atoms with E-state index < -0.39 is 0 Å². The van der Waals surface area contributed by atoms with Crippen LogP contribution in [0.5, 0.6) is 0 Å². The van der Waals surface area contributed by atoms with E-state index >= 15 is 0 Å². The molecule has 0 aliphatic carbocycles. The van der Waals surface area contributed by atoms with Crippen LogP contribution in [0.4, 0.5) is 5.69 Å². The third-order valence-electron chi connectivity index (χ3n) is 5.46. The van der Waals surface area contributed by atoms with Crippen molar-refractivity contribution in [3.63, 3.8) is 0 Å². The summed E-state index contributed by atoms with van der Waals surface area (Å²) in [5.74, 6) is 0.705. The summed E-state index contributed by atoms with van der Waals surface area (Å²) in [7, 11) is 0. The fourth-order valence-electron chi connectivity index (χ4n) is 4.02. The van der Waals surface area contributed by atoms with Gasteiger partial charge >= 0.3 is 0 Å². The molecule has 1 aromatic heterocycles. The largest absolute Gasteiger partial charge is 0.372 e. The number of nitrogens with zero attached hydrogens (tertiary/aromatic N) is 3. The molecule has 2 aliphatic rings. The number of nitrogens with one attached hydrogen (secondary N) is 1. The molecule has 5 nitrogen and oxygen atoms in total. The fraction of sp³-hybridized carbons (Fsp3) is 0.500. The zero-order chi connectivity index (χ0) is 17.4. The van der Waals surface area contributed by atoms with Gasteiger partial charge in [0.15, 0.2) is 0 Å². The van der Waals surface area contributed by atoms with E-state index in [0.29, 0.717) is 5.82 Å². The van der Waals surface area contributed by atoms with Crippen LogP contribution in [0.25, 0.3) is 0 Å². The van der Waals surface area contributed by atoms with E-state index in [9.17, 15) is 4.79 Å². The van der Waals surface area contributed by atoms with Gasteiger partial charge < -0.3 is 9.88 Å². The molecule has 0 radical (unpaired) electrons. The van der Waals surface area contributed by atoms with Gasteiger partial charge in [-0.05, 0) is 56.4 Å². The van der Waals surface area contributed by atoms with E-state index in [-0.39, 0.29) is 5.56 Å². The predicted molar refractivity (Wildman–Crippen MR) is 100 cm³/mol. The second kappa shape index (κ2) is 6.64. The number of benzene rings is 1. The minimum atomic E-state index is 0.0355. The third-order valence-corrected chi connectivity index (χ3v) is 5.46. The molecule has 0 spiro atoms. The maximum Gasteiger partial charge on any atom is 0.254 e. The van der Waals surface area contributed by atoms with Gasteiger partial charge in [0.25, 0.3) is 5.56 Å². The highest BCUT2D eigenvalue weighted by Gasteiger charge is 2.21. The third kappa shape index (κ3) is 3.33. The van der Waals surface area contributed by atoms with E-state index in [2.05, 4.69) is 44.9 Å². The quantitative estimate of drug-likeness (QED) is 0.934. The van der Waals surface area contributed by atoms with Gasteiger partial charge in [-0.25, -0.2) is 4.98 Å². The molecule has 2 aromatic rings. The van der Waals surface area contributed by atoms with Crippen molar-refractivity contribution in [3.05, 3.63) is 56.8 Å². The summed E-state index contributed by atoms with van der Waals surface area (Å²) in [6.07, 6.45) is 3.39. The molecule has 132 valence electrons. The van der Waals surface area contributed by atoms with E-state index in [1.54, 1.807) is 0 Å². The monoisotopic (exact) mass is 338 g/mol. The summed E-state index contributed by atoms with van der Waals surface area (Å²) in [5, 5.41) is 0. The summed E-state index contributed by atoms with van der Waals surface area (Å²) in [4.78, 5) is 24.3. The Bertz CT molecular complexity index is 836. The van der Waals surface area contributed by atoms with Crippen LogP contribution in [0.3, 0.4) is 0 Å². The lowest BCUT2D eigenvalue weighted by molar-refractivity contribution is 0.239. The van der Waals surface area contributed by atoms with Crippen molar-refractivity contribution in [2.75, 3.05) is 24.5 Å². The number of fused-ring (bicyclic) bond motifs is 1. The van der Waals surface area contributed by atoms with Crippen molar-refractivity contribution >= 4 is 5.69 Å². The van der Waals surface area contributed by atoms with Crippen LogP contribution in [0, 0.1) is 13.8 Å². The van der Waals surface area contributed by atoms with Crippen molar-refractivity contribution in [2.45, 2.75) is 46.2 Å². The standard InChI is InChI=1S/C20H26N4O/c1-14-11-17(24-8-3-4-9-24)6-5-16(14)12-23-10-7-18-19(13-23)21-15(2)22-20(18)25/h5-6,11H,3-4,7-10,12-13H2,1-2H3,(H,21,22,25). The van der Waals surface area contributed by atoms with E-state index in [1.165, 1.54) is 42.7 Å². The molecule has 5 heteroatoms.